The van der Waals surface area contributed by atoms with Gasteiger partial charge in [-0.05, 0) is 31.3 Å². The van der Waals surface area contributed by atoms with Gasteiger partial charge in [0.05, 0.1) is 5.71 Å². The number of para-hydroxylation sites is 1. The zero-order chi connectivity index (χ0) is 16.1. The Morgan fingerprint density at radius 2 is 1.96 bits per heavy atom. The van der Waals surface area contributed by atoms with Crippen molar-refractivity contribution in [3.63, 3.8) is 0 Å². The van der Waals surface area contributed by atoms with E-state index in [1.165, 1.54) is 5.69 Å². The fourth-order valence-corrected chi connectivity index (χ4v) is 3.28. The van der Waals surface area contributed by atoms with Gasteiger partial charge in [0.15, 0.2) is 5.11 Å². The number of nitrogens with zero attached hydrogens (tertiary/aromatic N) is 4. The number of benzene rings is 1. The molecule has 1 saturated heterocycles. The van der Waals surface area contributed by atoms with Crippen molar-refractivity contribution in [3.8, 4) is 0 Å². The maximum Gasteiger partial charge on any atom is 0.189 e. The first-order valence-electron chi connectivity index (χ1n) is 7.53. The van der Waals surface area contributed by atoms with E-state index in [0.29, 0.717) is 5.11 Å². The molecule has 1 aromatic heterocycles. The van der Waals surface area contributed by atoms with E-state index >= 15 is 0 Å². The molecule has 7 heteroatoms. The monoisotopic (exact) mass is 345 g/mol. The Balaban J connectivity index is 1.51. The lowest BCUT2D eigenvalue weighted by molar-refractivity contribution is 0.381. The average molecular weight is 345 g/mol. The fourth-order valence-electron chi connectivity index (χ4n) is 2.46. The van der Waals surface area contributed by atoms with E-state index in [0.717, 1.165) is 36.9 Å². The number of hydrazone groups is 1. The van der Waals surface area contributed by atoms with Gasteiger partial charge in [-0.1, -0.05) is 18.2 Å². The highest BCUT2D eigenvalue weighted by molar-refractivity contribution is 7.80. The third kappa shape index (κ3) is 4.05. The minimum Gasteiger partial charge on any atom is -0.368 e. The van der Waals surface area contributed by atoms with E-state index in [2.05, 4.69) is 49.6 Å². The molecule has 0 radical (unpaired) electrons. The van der Waals surface area contributed by atoms with Crippen molar-refractivity contribution in [3.05, 3.63) is 46.9 Å². The molecule has 1 aliphatic rings. The molecule has 0 unspecified atom stereocenters. The van der Waals surface area contributed by atoms with E-state index in [-0.39, 0.29) is 0 Å². The third-order valence-electron chi connectivity index (χ3n) is 3.75. The van der Waals surface area contributed by atoms with E-state index in [1.54, 1.807) is 17.5 Å². The Kier molecular flexibility index (Phi) is 5.19. The number of hydrogen-bond donors (Lipinski definition) is 1. The van der Waals surface area contributed by atoms with Gasteiger partial charge in [0.1, 0.15) is 5.01 Å². The van der Waals surface area contributed by atoms with Crippen molar-refractivity contribution in [1.82, 2.24) is 15.3 Å². The van der Waals surface area contributed by atoms with Crippen LogP contribution in [0.15, 0.2) is 47.0 Å². The number of thiocarbonyl (C=S) groups is 1. The number of nitrogens with one attached hydrogen (secondary N) is 1. The first-order valence-corrected chi connectivity index (χ1v) is 8.82. The molecular formula is C16H19N5S2. The summed E-state index contributed by atoms with van der Waals surface area (Å²) in [5, 5.41) is 7.86. The topological polar surface area (TPSA) is 43.8 Å². The highest BCUT2D eigenvalue weighted by atomic mass is 32.1. The second-order valence-electron chi connectivity index (χ2n) is 5.26. The van der Waals surface area contributed by atoms with Crippen LogP contribution in [0.25, 0.3) is 0 Å². The molecule has 23 heavy (non-hydrogen) atoms. The lowest BCUT2D eigenvalue weighted by Crippen LogP contribution is -2.51. The normalized spacial score (nSPS) is 15.6. The minimum absolute atomic E-state index is 0.675. The van der Waals surface area contributed by atoms with Gasteiger partial charge in [0.2, 0.25) is 0 Å². The van der Waals surface area contributed by atoms with Gasteiger partial charge in [-0.25, -0.2) is 4.98 Å². The first kappa shape index (κ1) is 15.9. The summed E-state index contributed by atoms with van der Waals surface area (Å²) >= 11 is 7.02. The van der Waals surface area contributed by atoms with Crippen LogP contribution in [-0.2, 0) is 0 Å². The van der Waals surface area contributed by atoms with E-state index < -0.39 is 0 Å². The molecule has 0 saturated carbocycles. The Hall–Kier alpha value is -1.99. The average Bonchev–Trinajstić information content (AvgIpc) is 3.15. The maximum absolute atomic E-state index is 5.45. The molecule has 2 aromatic rings. The SMILES string of the molecule is CC(=NNC(=S)N1CCN(c2ccccc2)CC1)c1nccs1. The van der Waals surface area contributed by atoms with Crippen LogP contribution in [0, 0.1) is 0 Å². The standard InChI is InChI=1S/C16H19N5S2/c1-13(15-17-7-12-23-15)18-19-16(22)21-10-8-20(9-11-21)14-5-3-2-4-6-14/h2-7,12H,8-11H2,1H3,(H,19,22). The summed E-state index contributed by atoms with van der Waals surface area (Å²) in [5.41, 5.74) is 5.11. The van der Waals surface area contributed by atoms with Crippen molar-refractivity contribution in [1.29, 1.82) is 0 Å². The molecule has 0 aliphatic carbocycles. The van der Waals surface area contributed by atoms with Crippen LogP contribution in [-0.4, -0.2) is 46.9 Å². The van der Waals surface area contributed by atoms with Crippen molar-refractivity contribution in [2.75, 3.05) is 31.1 Å². The smallest absolute Gasteiger partial charge is 0.189 e. The summed E-state index contributed by atoms with van der Waals surface area (Å²) in [7, 11) is 0. The van der Waals surface area contributed by atoms with Crippen molar-refractivity contribution in [2.45, 2.75) is 6.92 Å². The van der Waals surface area contributed by atoms with Crippen LogP contribution in [0.1, 0.15) is 11.9 Å². The van der Waals surface area contributed by atoms with Gasteiger partial charge in [0.25, 0.3) is 0 Å². The van der Waals surface area contributed by atoms with E-state index in [9.17, 15) is 0 Å². The number of rotatable bonds is 3. The lowest BCUT2D eigenvalue weighted by atomic mass is 10.2. The Labute approximate surface area is 145 Å². The number of piperazine rings is 1. The first-order chi connectivity index (χ1) is 11.2. The van der Waals surface area contributed by atoms with Gasteiger partial charge in [-0.15, -0.1) is 11.3 Å². The highest BCUT2D eigenvalue weighted by Crippen LogP contribution is 2.15. The quantitative estimate of drug-likeness (QED) is 0.526. The third-order valence-corrected chi connectivity index (χ3v) is 4.98. The summed E-state index contributed by atoms with van der Waals surface area (Å²) in [6, 6.07) is 10.5. The molecule has 0 bridgehead atoms. The second-order valence-corrected chi connectivity index (χ2v) is 6.54. The molecule has 0 spiro atoms. The van der Waals surface area contributed by atoms with Crippen molar-refractivity contribution < 1.29 is 0 Å². The zero-order valence-electron chi connectivity index (χ0n) is 13.0. The van der Waals surface area contributed by atoms with Gasteiger partial charge < -0.3 is 9.80 Å². The van der Waals surface area contributed by atoms with E-state index in [4.69, 9.17) is 12.2 Å². The minimum atomic E-state index is 0.675. The molecule has 1 aliphatic heterocycles. The summed E-state index contributed by atoms with van der Waals surface area (Å²) in [6.07, 6.45) is 1.78. The molecule has 1 N–H and O–H groups in total. The maximum atomic E-state index is 5.45. The van der Waals surface area contributed by atoms with Crippen LogP contribution < -0.4 is 10.3 Å². The van der Waals surface area contributed by atoms with Gasteiger partial charge in [-0.3, -0.25) is 5.43 Å². The Bertz CT molecular complexity index is 661. The molecule has 3 rings (SSSR count). The molecule has 120 valence electrons. The van der Waals surface area contributed by atoms with Crippen LogP contribution >= 0.6 is 23.6 Å². The van der Waals surface area contributed by atoms with Crippen molar-refractivity contribution in [2.24, 2.45) is 5.10 Å². The number of anilines is 1. The second kappa shape index (κ2) is 7.52. The lowest BCUT2D eigenvalue weighted by Gasteiger charge is -2.37. The van der Waals surface area contributed by atoms with Gasteiger partial charge in [0, 0.05) is 43.4 Å². The summed E-state index contributed by atoms with van der Waals surface area (Å²) in [5.74, 6) is 0. The summed E-state index contributed by atoms with van der Waals surface area (Å²) in [4.78, 5) is 8.77. The molecular weight excluding hydrogens is 326 g/mol. The summed E-state index contributed by atoms with van der Waals surface area (Å²) in [6.45, 7) is 5.64. The van der Waals surface area contributed by atoms with Crippen LogP contribution in [0.3, 0.4) is 0 Å². The molecule has 5 nitrogen and oxygen atoms in total. The number of aromatic nitrogens is 1. The summed E-state index contributed by atoms with van der Waals surface area (Å²) < 4.78 is 0. The zero-order valence-corrected chi connectivity index (χ0v) is 14.6. The number of thiazole rings is 1. The molecule has 0 atom stereocenters. The predicted octanol–water partition coefficient (Wildman–Crippen LogP) is 2.56. The molecule has 0 amide bonds. The fraction of sp³-hybridized carbons (Fsp3) is 0.312. The van der Waals surface area contributed by atoms with Crippen LogP contribution in [0.4, 0.5) is 5.69 Å². The largest absolute Gasteiger partial charge is 0.368 e. The van der Waals surface area contributed by atoms with E-state index in [1.807, 2.05) is 18.4 Å². The Morgan fingerprint density at radius 3 is 2.61 bits per heavy atom. The predicted molar refractivity (Wildman–Crippen MR) is 100 cm³/mol. The Morgan fingerprint density at radius 1 is 1.22 bits per heavy atom. The highest BCUT2D eigenvalue weighted by Gasteiger charge is 2.18. The van der Waals surface area contributed by atoms with Gasteiger partial charge in [-0.2, -0.15) is 5.10 Å². The van der Waals surface area contributed by atoms with Gasteiger partial charge >= 0.3 is 0 Å². The van der Waals surface area contributed by atoms with Crippen LogP contribution in [0.2, 0.25) is 0 Å². The molecule has 2 heterocycles. The van der Waals surface area contributed by atoms with Crippen LogP contribution in [0.5, 0.6) is 0 Å². The molecule has 1 aromatic carbocycles. The number of hydrogen-bond acceptors (Lipinski definition) is 5. The molecule has 1 fully saturated rings. The van der Waals surface area contributed by atoms with Crippen molar-refractivity contribution >= 4 is 40.1 Å².